The lowest BCUT2D eigenvalue weighted by Crippen LogP contribution is -2.14. The molecule has 0 saturated heterocycles. The molecule has 6 nitrogen and oxygen atoms in total. The Kier molecular flexibility index (Phi) is 4.44. The molecule has 1 amide bonds. The van der Waals surface area contributed by atoms with E-state index in [4.69, 9.17) is 11.6 Å². The van der Waals surface area contributed by atoms with Gasteiger partial charge in [-0.3, -0.25) is 14.5 Å². The van der Waals surface area contributed by atoms with Gasteiger partial charge in [0.1, 0.15) is 4.90 Å². The van der Waals surface area contributed by atoms with Crippen LogP contribution in [-0.4, -0.2) is 19.3 Å². The Bertz CT molecular complexity index is 760. The summed E-state index contributed by atoms with van der Waals surface area (Å²) < 4.78 is 26.8. The Morgan fingerprint density at radius 3 is 2.33 bits per heavy atom. The van der Waals surface area contributed by atoms with Crippen molar-refractivity contribution in [2.75, 3.05) is 10.0 Å². The predicted molar refractivity (Wildman–Crippen MR) is 80.8 cm³/mol. The zero-order chi connectivity index (χ0) is 15.5. The molecule has 1 aromatic carbocycles. The Morgan fingerprint density at radius 2 is 1.76 bits per heavy atom. The number of anilines is 2. The second-order valence-corrected chi connectivity index (χ2v) is 6.23. The van der Waals surface area contributed by atoms with Gasteiger partial charge in [-0.1, -0.05) is 11.6 Å². The van der Waals surface area contributed by atoms with E-state index in [9.17, 15) is 13.2 Å². The number of amides is 1. The first-order chi connectivity index (χ1) is 9.88. The lowest BCUT2D eigenvalue weighted by Gasteiger charge is -2.09. The molecular weight excluding hydrogens is 314 g/mol. The fourth-order valence-electron chi connectivity index (χ4n) is 1.60. The van der Waals surface area contributed by atoms with Gasteiger partial charge in [-0.15, -0.1) is 0 Å². The van der Waals surface area contributed by atoms with E-state index in [0.717, 1.165) is 0 Å². The molecule has 110 valence electrons. The van der Waals surface area contributed by atoms with Crippen LogP contribution in [0.5, 0.6) is 0 Å². The van der Waals surface area contributed by atoms with E-state index in [-0.39, 0.29) is 15.8 Å². The Labute approximate surface area is 127 Å². The summed E-state index contributed by atoms with van der Waals surface area (Å²) in [7, 11) is -3.81. The minimum absolute atomic E-state index is 0.0902. The van der Waals surface area contributed by atoms with Crippen LogP contribution in [0.4, 0.5) is 11.4 Å². The first-order valence-electron chi connectivity index (χ1n) is 5.88. The van der Waals surface area contributed by atoms with E-state index >= 15 is 0 Å². The van der Waals surface area contributed by atoms with Crippen LogP contribution >= 0.6 is 11.6 Å². The van der Waals surface area contributed by atoms with E-state index in [0.29, 0.717) is 11.4 Å². The number of carbonyl (C=O) groups is 1. The minimum atomic E-state index is -3.81. The van der Waals surface area contributed by atoms with Crippen molar-refractivity contribution in [2.45, 2.75) is 11.8 Å². The normalized spacial score (nSPS) is 11.0. The van der Waals surface area contributed by atoms with E-state index < -0.39 is 10.0 Å². The zero-order valence-electron chi connectivity index (χ0n) is 11.0. The first-order valence-corrected chi connectivity index (χ1v) is 7.74. The SMILES string of the molecule is CC(=O)Nc1ccc(NS(=O)(=O)c2cnccc2Cl)cc1. The van der Waals surface area contributed by atoms with Crippen LogP contribution < -0.4 is 10.0 Å². The highest BCUT2D eigenvalue weighted by Gasteiger charge is 2.18. The molecule has 0 saturated carbocycles. The number of pyridine rings is 1. The molecule has 0 aliphatic rings. The topological polar surface area (TPSA) is 88.2 Å². The van der Waals surface area contributed by atoms with Crippen LogP contribution in [0, 0.1) is 0 Å². The highest BCUT2D eigenvalue weighted by atomic mass is 35.5. The van der Waals surface area contributed by atoms with Gasteiger partial charge < -0.3 is 5.32 Å². The van der Waals surface area contributed by atoms with Crippen molar-refractivity contribution in [2.24, 2.45) is 0 Å². The number of benzene rings is 1. The maximum Gasteiger partial charge on any atom is 0.264 e. The highest BCUT2D eigenvalue weighted by Crippen LogP contribution is 2.23. The highest BCUT2D eigenvalue weighted by molar-refractivity contribution is 7.92. The molecule has 2 N–H and O–H groups in total. The number of hydrogen-bond donors (Lipinski definition) is 2. The molecule has 0 fully saturated rings. The molecule has 21 heavy (non-hydrogen) atoms. The molecule has 0 bridgehead atoms. The number of sulfonamides is 1. The Hall–Kier alpha value is -2.12. The molecule has 1 heterocycles. The van der Waals surface area contributed by atoms with Gasteiger partial charge in [0.15, 0.2) is 0 Å². The van der Waals surface area contributed by atoms with Crippen molar-refractivity contribution in [1.82, 2.24) is 4.98 Å². The van der Waals surface area contributed by atoms with Gasteiger partial charge >= 0.3 is 0 Å². The third-order valence-electron chi connectivity index (χ3n) is 2.48. The number of hydrogen-bond acceptors (Lipinski definition) is 4. The summed E-state index contributed by atoms with van der Waals surface area (Å²) in [5.74, 6) is -0.203. The van der Waals surface area contributed by atoms with Crippen molar-refractivity contribution in [1.29, 1.82) is 0 Å². The van der Waals surface area contributed by atoms with Gasteiger partial charge in [-0.2, -0.15) is 0 Å². The fraction of sp³-hybridized carbons (Fsp3) is 0.0769. The maximum absolute atomic E-state index is 12.2. The lowest BCUT2D eigenvalue weighted by molar-refractivity contribution is -0.114. The van der Waals surface area contributed by atoms with E-state index in [2.05, 4.69) is 15.0 Å². The fourth-order valence-corrected chi connectivity index (χ4v) is 3.09. The van der Waals surface area contributed by atoms with Crippen molar-refractivity contribution in [3.8, 4) is 0 Å². The van der Waals surface area contributed by atoms with Crippen molar-refractivity contribution in [3.63, 3.8) is 0 Å². The van der Waals surface area contributed by atoms with Gasteiger partial charge in [0.2, 0.25) is 5.91 Å². The number of halogens is 1. The molecule has 2 aromatic rings. The monoisotopic (exact) mass is 325 g/mol. The Morgan fingerprint density at radius 1 is 1.14 bits per heavy atom. The standard InChI is InChI=1S/C13H12ClN3O3S/c1-9(18)16-10-2-4-11(5-3-10)17-21(19,20)13-8-15-7-6-12(13)14/h2-8,17H,1H3,(H,16,18). The van der Waals surface area contributed by atoms with Crippen LogP contribution in [-0.2, 0) is 14.8 Å². The minimum Gasteiger partial charge on any atom is -0.326 e. The molecule has 8 heteroatoms. The molecule has 0 radical (unpaired) electrons. The maximum atomic E-state index is 12.2. The zero-order valence-corrected chi connectivity index (χ0v) is 12.6. The van der Waals surface area contributed by atoms with E-state index in [1.165, 1.54) is 37.5 Å². The first kappa shape index (κ1) is 15.3. The number of rotatable bonds is 4. The number of carbonyl (C=O) groups excluding carboxylic acids is 1. The molecule has 0 aliphatic heterocycles. The largest absolute Gasteiger partial charge is 0.326 e. The van der Waals surface area contributed by atoms with Crippen LogP contribution in [0.3, 0.4) is 0 Å². The number of nitrogens with zero attached hydrogens (tertiary/aromatic N) is 1. The van der Waals surface area contributed by atoms with Gasteiger partial charge in [0.05, 0.1) is 5.02 Å². The third-order valence-corrected chi connectivity index (χ3v) is 4.33. The summed E-state index contributed by atoms with van der Waals surface area (Å²) in [5, 5.41) is 2.68. The van der Waals surface area contributed by atoms with Gasteiger partial charge in [-0.05, 0) is 30.3 Å². The molecule has 0 unspecified atom stereocenters. The molecule has 2 rings (SSSR count). The summed E-state index contributed by atoms with van der Waals surface area (Å²) in [6, 6.07) is 7.64. The summed E-state index contributed by atoms with van der Waals surface area (Å²) in [6.07, 6.45) is 2.58. The van der Waals surface area contributed by atoms with Crippen molar-refractivity contribution < 1.29 is 13.2 Å². The van der Waals surface area contributed by atoms with Gasteiger partial charge in [0, 0.05) is 30.7 Å². The summed E-state index contributed by atoms with van der Waals surface area (Å²) in [6.45, 7) is 1.39. The van der Waals surface area contributed by atoms with E-state index in [1.54, 1.807) is 12.1 Å². The Balaban J connectivity index is 2.21. The van der Waals surface area contributed by atoms with E-state index in [1.807, 2.05) is 0 Å². The summed E-state index contributed by atoms with van der Waals surface area (Å²) in [5.41, 5.74) is 0.925. The second kappa shape index (κ2) is 6.11. The summed E-state index contributed by atoms with van der Waals surface area (Å²) in [4.78, 5) is 14.6. The molecule has 0 spiro atoms. The third kappa shape index (κ3) is 3.93. The average molecular weight is 326 g/mol. The van der Waals surface area contributed by atoms with Gasteiger partial charge in [0.25, 0.3) is 10.0 Å². The smallest absolute Gasteiger partial charge is 0.264 e. The number of nitrogens with one attached hydrogen (secondary N) is 2. The molecule has 0 atom stereocenters. The second-order valence-electron chi connectivity index (χ2n) is 4.17. The molecule has 0 aliphatic carbocycles. The quantitative estimate of drug-likeness (QED) is 0.904. The van der Waals surface area contributed by atoms with Crippen molar-refractivity contribution >= 4 is 38.9 Å². The summed E-state index contributed by atoms with van der Waals surface area (Å²) >= 11 is 5.85. The lowest BCUT2D eigenvalue weighted by atomic mass is 10.3. The van der Waals surface area contributed by atoms with Crippen LogP contribution in [0.2, 0.25) is 5.02 Å². The van der Waals surface area contributed by atoms with Crippen molar-refractivity contribution in [3.05, 3.63) is 47.7 Å². The average Bonchev–Trinajstić information content (AvgIpc) is 2.40. The van der Waals surface area contributed by atoms with Crippen LogP contribution in [0.1, 0.15) is 6.92 Å². The molecule has 1 aromatic heterocycles. The van der Waals surface area contributed by atoms with Crippen LogP contribution in [0.15, 0.2) is 47.6 Å². The van der Waals surface area contributed by atoms with Gasteiger partial charge in [-0.25, -0.2) is 8.42 Å². The molecular formula is C13H12ClN3O3S. The van der Waals surface area contributed by atoms with Crippen LogP contribution in [0.25, 0.3) is 0 Å². The predicted octanol–water partition coefficient (Wildman–Crippen LogP) is 2.49. The number of aromatic nitrogens is 1.